The van der Waals surface area contributed by atoms with Crippen LogP contribution in [0.3, 0.4) is 0 Å². The van der Waals surface area contributed by atoms with Gasteiger partial charge in [0.05, 0.1) is 5.69 Å². The molecule has 1 aromatic carbocycles. The van der Waals surface area contributed by atoms with Gasteiger partial charge >= 0.3 is 0 Å². The highest BCUT2D eigenvalue weighted by atomic mass is 32.2. The quantitative estimate of drug-likeness (QED) is 0.746. The number of sulfonamides is 1. The lowest BCUT2D eigenvalue weighted by atomic mass is 10.0. The number of nitrogens with two attached hydrogens (primary N) is 1. The number of hydrogen-bond acceptors (Lipinski definition) is 4. The number of para-hydroxylation sites is 1. The summed E-state index contributed by atoms with van der Waals surface area (Å²) in [5.41, 5.74) is 6.50. The van der Waals surface area contributed by atoms with Crippen LogP contribution in [-0.2, 0) is 10.0 Å². The van der Waals surface area contributed by atoms with Crippen LogP contribution >= 0.6 is 0 Å². The summed E-state index contributed by atoms with van der Waals surface area (Å²) < 4.78 is 27.6. The molecule has 0 amide bonds. The number of rotatable bonds is 6. The Labute approximate surface area is 126 Å². The molecule has 2 fully saturated rings. The molecule has 2 saturated carbocycles. The van der Waals surface area contributed by atoms with E-state index in [1.54, 1.807) is 12.1 Å². The van der Waals surface area contributed by atoms with Crippen molar-refractivity contribution in [3.63, 3.8) is 0 Å². The maximum absolute atomic E-state index is 12.5. The molecule has 21 heavy (non-hydrogen) atoms. The van der Waals surface area contributed by atoms with Gasteiger partial charge in [-0.2, -0.15) is 0 Å². The third kappa shape index (κ3) is 3.39. The highest BCUT2D eigenvalue weighted by molar-refractivity contribution is 7.89. The lowest BCUT2D eigenvalue weighted by Crippen LogP contribution is -2.31. The van der Waals surface area contributed by atoms with Crippen LogP contribution < -0.4 is 15.8 Å². The van der Waals surface area contributed by atoms with Crippen molar-refractivity contribution in [2.75, 3.05) is 11.9 Å². The molecule has 2 unspecified atom stereocenters. The first-order valence-electron chi connectivity index (χ1n) is 7.68. The van der Waals surface area contributed by atoms with Crippen molar-refractivity contribution in [3.8, 4) is 0 Å². The fourth-order valence-corrected chi connectivity index (χ4v) is 4.49. The Morgan fingerprint density at radius 1 is 1.14 bits per heavy atom. The zero-order valence-corrected chi connectivity index (χ0v) is 12.9. The third-order valence-corrected chi connectivity index (χ3v) is 5.96. The molecule has 0 aromatic heterocycles. The van der Waals surface area contributed by atoms with Gasteiger partial charge in [-0.1, -0.05) is 18.6 Å². The first-order chi connectivity index (χ1) is 10.1. The van der Waals surface area contributed by atoms with Crippen molar-refractivity contribution in [2.45, 2.75) is 49.1 Å². The highest BCUT2D eigenvalue weighted by Crippen LogP contribution is 2.31. The van der Waals surface area contributed by atoms with Gasteiger partial charge in [0.25, 0.3) is 0 Å². The largest absolute Gasteiger partial charge is 0.381 e. The summed E-state index contributed by atoms with van der Waals surface area (Å²) in [7, 11) is -3.44. The smallest absolute Gasteiger partial charge is 0.242 e. The SMILES string of the molecule is NCC1CCCC1Nc1ccccc1S(=O)(=O)NC1CC1. The van der Waals surface area contributed by atoms with Crippen LogP contribution in [0.2, 0.25) is 0 Å². The zero-order chi connectivity index (χ0) is 14.9. The molecule has 3 rings (SSSR count). The van der Waals surface area contributed by atoms with Crippen molar-refractivity contribution in [2.24, 2.45) is 11.7 Å². The summed E-state index contributed by atoms with van der Waals surface area (Å²) in [5.74, 6) is 0.428. The van der Waals surface area contributed by atoms with Gasteiger partial charge in [0.1, 0.15) is 4.90 Å². The predicted molar refractivity (Wildman–Crippen MR) is 83.6 cm³/mol. The molecule has 2 atom stereocenters. The van der Waals surface area contributed by atoms with Crippen molar-refractivity contribution < 1.29 is 8.42 Å². The van der Waals surface area contributed by atoms with Crippen LogP contribution in [0.4, 0.5) is 5.69 Å². The van der Waals surface area contributed by atoms with Gasteiger partial charge < -0.3 is 11.1 Å². The molecule has 0 bridgehead atoms. The lowest BCUT2D eigenvalue weighted by molar-refractivity contribution is 0.515. The summed E-state index contributed by atoms with van der Waals surface area (Å²) in [5, 5.41) is 3.41. The molecular formula is C15H23N3O2S. The summed E-state index contributed by atoms with van der Waals surface area (Å²) in [6.07, 6.45) is 5.18. The maximum atomic E-state index is 12.5. The number of anilines is 1. The lowest BCUT2D eigenvalue weighted by Gasteiger charge is -2.22. The van der Waals surface area contributed by atoms with Crippen molar-refractivity contribution in [1.29, 1.82) is 0 Å². The van der Waals surface area contributed by atoms with E-state index in [4.69, 9.17) is 5.73 Å². The van der Waals surface area contributed by atoms with Crippen LogP contribution in [0, 0.1) is 5.92 Å². The van der Waals surface area contributed by atoms with E-state index in [9.17, 15) is 8.42 Å². The molecule has 6 heteroatoms. The highest BCUT2D eigenvalue weighted by Gasteiger charge is 2.31. The van der Waals surface area contributed by atoms with E-state index in [0.717, 1.165) is 32.1 Å². The Hall–Kier alpha value is -1.11. The molecule has 0 spiro atoms. The molecule has 5 nitrogen and oxygen atoms in total. The third-order valence-electron chi connectivity index (χ3n) is 4.38. The van der Waals surface area contributed by atoms with Gasteiger partial charge in [-0.3, -0.25) is 0 Å². The van der Waals surface area contributed by atoms with Crippen molar-refractivity contribution >= 4 is 15.7 Å². The van der Waals surface area contributed by atoms with Crippen LogP contribution in [0.5, 0.6) is 0 Å². The number of hydrogen-bond donors (Lipinski definition) is 3. The maximum Gasteiger partial charge on any atom is 0.242 e. The van der Waals surface area contributed by atoms with Gasteiger partial charge in [-0.25, -0.2) is 13.1 Å². The molecule has 2 aliphatic rings. The van der Waals surface area contributed by atoms with Gasteiger partial charge in [0, 0.05) is 12.1 Å². The molecular weight excluding hydrogens is 286 g/mol. The molecule has 2 aliphatic carbocycles. The fraction of sp³-hybridized carbons (Fsp3) is 0.600. The van der Waals surface area contributed by atoms with Crippen LogP contribution in [0.25, 0.3) is 0 Å². The summed E-state index contributed by atoms with van der Waals surface area (Å²) in [6.45, 7) is 0.646. The fourth-order valence-electron chi connectivity index (χ4n) is 3.01. The van der Waals surface area contributed by atoms with Gasteiger partial charge in [0.2, 0.25) is 10.0 Å². The second-order valence-electron chi connectivity index (χ2n) is 6.07. The average Bonchev–Trinajstić information content (AvgIpc) is 3.15. The molecule has 0 heterocycles. The van der Waals surface area contributed by atoms with E-state index < -0.39 is 10.0 Å². The van der Waals surface area contributed by atoms with Gasteiger partial charge in [-0.15, -0.1) is 0 Å². The van der Waals surface area contributed by atoms with Crippen molar-refractivity contribution in [1.82, 2.24) is 4.72 Å². The first kappa shape index (κ1) is 14.8. The zero-order valence-electron chi connectivity index (χ0n) is 12.1. The van der Waals surface area contributed by atoms with E-state index in [1.807, 2.05) is 12.1 Å². The summed E-state index contributed by atoms with van der Waals surface area (Å²) in [4.78, 5) is 0.347. The minimum absolute atomic E-state index is 0.117. The van der Waals surface area contributed by atoms with Crippen molar-refractivity contribution in [3.05, 3.63) is 24.3 Å². The molecule has 0 radical (unpaired) electrons. The summed E-state index contributed by atoms with van der Waals surface area (Å²) in [6, 6.07) is 7.53. The minimum Gasteiger partial charge on any atom is -0.381 e. The average molecular weight is 309 g/mol. The second kappa shape index (κ2) is 5.94. The number of benzene rings is 1. The van der Waals surface area contributed by atoms with Gasteiger partial charge in [0.15, 0.2) is 0 Å². The summed E-state index contributed by atoms with van der Waals surface area (Å²) >= 11 is 0. The Balaban J connectivity index is 1.82. The topological polar surface area (TPSA) is 84.2 Å². The number of nitrogens with one attached hydrogen (secondary N) is 2. The Kier molecular flexibility index (Phi) is 4.19. The normalized spacial score (nSPS) is 26.0. The van der Waals surface area contributed by atoms with E-state index in [1.165, 1.54) is 0 Å². The molecule has 0 saturated heterocycles. The first-order valence-corrected chi connectivity index (χ1v) is 9.16. The Morgan fingerprint density at radius 2 is 1.90 bits per heavy atom. The van der Waals surface area contributed by atoms with Crippen LogP contribution in [0.1, 0.15) is 32.1 Å². The Morgan fingerprint density at radius 3 is 2.62 bits per heavy atom. The van der Waals surface area contributed by atoms with Gasteiger partial charge in [-0.05, 0) is 50.3 Å². The Bertz CT molecular complexity index is 599. The van der Waals surface area contributed by atoms with Crippen LogP contribution in [-0.4, -0.2) is 27.0 Å². The molecule has 1 aromatic rings. The van der Waals surface area contributed by atoms with E-state index in [0.29, 0.717) is 23.0 Å². The molecule has 116 valence electrons. The standard InChI is InChI=1S/C15H23N3O2S/c16-10-11-4-3-6-13(11)17-14-5-1-2-7-15(14)21(19,20)18-12-8-9-12/h1-2,5,7,11-13,17-18H,3-4,6,8-10,16H2. The second-order valence-corrected chi connectivity index (χ2v) is 7.75. The minimum atomic E-state index is -3.44. The van der Waals surface area contributed by atoms with E-state index in [2.05, 4.69) is 10.0 Å². The van der Waals surface area contributed by atoms with E-state index >= 15 is 0 Å². The predicted octanol–water partition coefficient (Wildman–Crippen LogP) is 1.67. The molecule has 4 N–H and O–H groups in total. The van der Waals surface area contributed by atoms with E-state index in [-0.39, 0.29) is 12.1 Å². The monoisotopic (exact) mass is 309 g/mol. The molecule has 0 aliphatic heterocycles. The van der Waals surface area contributed by atoms with Crippen LogP contribution in [0.15, 0.2) is 29.2 Å².